The van der Waals surface area contributed by atoms with Gasteiger partial charge < -0.3 is 40.6 Å². The molecule has 2 heterocycles. The number of benzene rings is 1. The van der Waals surface area contributed by atoms with E-state index in [0.29, 0.717) is 57.4 Å². The predicted octanol–water partition coefficient (Wildman–Crippen LogP) is 2.14. The van der Waals surface area contributed by atoms with Crippen LogP contribution >= 0.6 is 0 Å². The maximum Gasteiger partial charge on any atom is 0.254 e. The van der Waals surface area contributed by atoms with Crippen LogP contribution in [0.3, 0.4) is 0 Å². The van der Waals surface area contributed by atoms with Crippen LogP contribution in [0.4, 0.5) is 23.1 Å². The minimum atomic E-state index is -0.562. The van der Waals surface area contributed by atoms with E-state index in [1.54, 1.807) is 7.11 Å². The van der Waals surface area contributed by atoms with Gasteiger partial charge in [-0.3, -0.25) is 4.79 Å². The summed E-state index contributed by atoms with van der Waals surface area (Å²) in [4.78, 5) is 20.4. The van der Waals surface area contributed by atoms with Crippen molar-refractivity contribution in [3.05, 3.63) is 30.0 Å². The zero-order valence-electron chi connectivity index (χ0n) is 19.6. The van der Waals surface area contributed by atoms with Crippen molar-refractivity contribution < 1.29 is 23.7 Å². The van der Waals surface area contributed by atoms with Gasteiger partial charge in [-0.15, -0.1) is 0 Å². The molecule has 5 N–H and O–H groups in total. The summed E-state index contributed by atoms with van der Waals surface area (Å²) in [5.41, 5.74) is 6.84. The van der Waals surface area contributed by atoms with Crippen LogP contribution < -0.4 is 26.4 Å². The van der Waals surface area contributed by atoms with E-state index in [1.165, 1.54) is 6.20 Å². The van der Waals surface area contributed by atoms with Gasteiger partial charge in [-0.05, 0) is 38.0 Å². The molecule has 184 valence electrons. The number of hydrogen-bond donors (Lipinski definition) is 4. The Morgan fingerprint density at radius 2 is 2.12 bits per heavy atom. The monoisotopic (exact) mass is 472 g/mol. The topological polar surface area (TPSA) is 142 Å². The van der Waals surface area contributed by atoms with E-state index >= 15 is 0 Å². The zero-order chi connectivity index (χ0) is 24.0. The smallest absolute Gasteiger partial charge is 0.254 e. The quantitative estimate of drug-likeness (QED) is 0.339. The molecule has 1 amide bonds. The number of fused-ring (bicyclic) bond motifs is 1. The minimum absolute atomic E-state index is 0.276. The molecule has 1 aromatic heterocycles. The van der Waals surface area contributed by atoms with Gasteiger partial charge in [-0.25, -0.2) is 4.98 Å². The summed E-state index contributed by atoms with van der Waals surface area (Å²) >= 11 is 0. The van der Waals surface area contributed by atoms with Crippen LogP contribution in [0.15, 0.2) is 24.4 Å². The molecule has 1 fully saturated rings. The van der Waals surface area contributed by atoms with Crippen LogP contribution in [0.25, 0.3) is 0 Å². The van der Waals surface area contributed by atoms with E-state index in [0.717, 1.165) is 30.0 Å². The second kappa shape index (κ2) is 10.9. The van der Waals surface area contributed by atoms with Crippen LogP contribution in [0.2, 0.25) is 0 Å². The lowest BCUT2D eigenvalue weighted by atomic mass is 10.1. The second-order valence-electron chi connectivity index (χ2n) is 8.62. The average Bonchev–Trinajstić information content (AvgIpc) is 3.64. The molecule has 1 aliphatic carbocycles. The summed E-state index contributed by atoms with van der Waals surface area (Å²) in [5.74, 6) is 0.982. The van der Waals surface area contributed by atoms with E-state index in [4.69, 9.17) is 24.7 Å². The van der Waals surface area contributed by atoms with Gasteiger partial charge in [0.25, 0.3) is 5.91 Å². The Hall–Kier alpha value is -3.15. The van der Waals surface area contributed by atoms with E-state index in [1.807, 2.05) is 25.1 Å². The van der Waals surface area contributed by atoms with Gasteiger partial charge in [0.05, 0.1) is 37.7 Å². The molecule has 0 bridgehead atoms. The third-order valence-electron chi connectivity index (χ3n) is 5.50. The molecular formula is C23H32N6O5. The first-order valence-corrected chi connectivity index (χ1v) is 11.4. The van der Waals surface area contributed by atoms with E-state index < -0.39 is 11.5 Å². The van der Waals surface area contributed by atoms with Crippen molar-refractivity contribution in [1.29, 1.82) is 0 Å². The second-order valence-corrected chi connectivity index (χ2v) is 8.62. The maximum atomic E-state index is 11.7. The van der Waals surface area contributed by atoms with Gasteiger partial charge in [0.1, 0.15) is 23.8 Å². The molecule has 2 aliphatic rings. The molecule has 1 saturated carbocycles. The lowest BCUT2D eigenvalue weighted by Gasteiger charge is -2.27. The van der Waals surface area contributed by atoms with Crippen molar-refractivity contribution in [1.82, 2.24) is 9.97 Å². The van der Waals surface area contributed by atoms with E-state index in [9.17, 15) is 4.79 Å². The van der Waals surface area contributed by atoms with Crippen molar-refractivity contribution in [2.75, 3.05) is 62.6 Å². The number of anilines is 4. The molecule has 1 aliphatic heterocycles. The van der Waals surface area contributed by atoms with E-state index in [-0.39, 0.29) is 5.56 Å². The molecule has 0 saturated heterocycles. The minimum Gasteiger partial charge on any atom is -0.488 e. The van der Waals surface area contributed by atoms with Crippen molar-refractivity contribution in [3.8, 4) is 5.75 Å². The Morgan fingerprint density at radius 1 is 1.29 bits per heavy atom. The van der Waals surface area contributed by atoms with Crippen LogP contribution in [0, 0.1) is 0 Å². The molecule has 2 aromatic rings. The van der Waals surface area contributed by atoms with Gasteiger partial charge in [-0.2, -0.15) is 4.98 Å². The van der Waals surface area contributed by atoms with Gasteiger partial charge >= 0.3 is 0 Å². The number of aromatic nitrogens is 2. The summed E-state index contributed by atoms with van der Waals surface area (Å²) in [7, 11) is 1.64. The summed E-state index contributed by atoms with van der Waals surface area (Å²) < 4.78 is 22.5. The molecule has 4 rings (SSSR count). The molecule has 11 heteroatoms. The molecule has 0 spiro atoms. The van der Waals surface area contributed by atoms with Crippen LogP contribution in [0.1, 0.15) is 30.1 Å². The molecule has 11 nitrogen and oxygen atoms in total. The van der Waals surface area contributed by atoms with Crippen LogP contribution in [-0.2, 0) is 14.2 Å². The predicted molar refractivity (Wildman–Crippen MR) is 128 cm³/mol. The number of nitrogens with zero attached hydrogens (tertiary/aromatic N) is 2. The number of hydrogen-bond acceptors (Lipinski definition) is 10. The Bertz CT molecular complexity index is 1000. The highest BCUT2D eigenvalue weighted by Gasteiger charge is 2.30. The number of nitrogens with one attached hydrogen (secondary N) is 3. The van der Waals surface area contributed by atoms with Crippen molar-refractivity contribution in [2.45, 2.75) is 31.4 Å². The first kappa shape index (κ1) is 24.0. The van der Waals surface area contributed by atoms with Crippen molar-refractivity contribution >= 4 is 29.0 Å². The molecule has 34 heavy (non-hydrogen) atoms. The highest BCUT2D eigenvalue weighted by Crippen LogP contribution is 2.33. The van der Waals surface area contributed by atoms with E-state index in [2.05, 4.69) is 25.9 Å². The number of carbonyl (C=O) groups excluding carboxylic acids is 1. The number of methoxy groups -OCH3 is 1. The molecule has 0 radical (unpaired) electrons. The molecule has 1 atom stereocenters. The fraction of sp³-hybridized carbons (Fsp3) is 0.522. The van der Waals surface area contributed by atoms with Gasteiger partial charge in [-0.1, -0.05) is 0 Å². The van der Waals surface area contributed by atoms with Gasteiger partial charge in [0.2, 0.25) is 5.95 Å². The van der Waals surface area contributed by atoms with Crippen LogP contribution in [0.5, 0.6) is 5.75 Å². The lowest BCUT2D eigenvalue weighted by molar-refractivity contribution is -0.0714. The van der Waals surface area contributed by atoms with Crippen molar-refractivity contribution in [2.24, 2.45) is 5.73 Å². The third kappa shape index (κ3) is 6.46. The summed E-state index contributed by atoms with van der Waals surface area (Å²) in [6, 6.07) is 6.01. The lowest BCUT2D eigenvalue weighted by Crippen LogP contribution is -2.42. The molecule has 0 unspecified atom stereocenters. The number of nitrogens with two attached hydrogens (primary N) is 1. The number of amides is 1. The zero-order valence-corrected chi connectivity index (χ0v) is 19.6. The SMILES string of the molecule is COCCOCCO[C@]1(C)CNc2cc(Nc3ncc(C(N)=O)c(NC4CC4)n3)ccc2OC1. The fourth-order valence-electron chi connectivity index (χ4n) is 3.40. The first-order chi connectivity index (χ1) is 16.5. The fourth-order valence-corrected chi connectivity index (χ4v) is 3.40. The Labute approximate surface area is 198 Å². The maximum absolute atomic E-state index is 11.7. The normalized spacial score (nSPS) is 19.4. The third-order valence-corrected chi connectivity index (χ3v) is 5.50. The highest BCUT2D eigenvalue weighted by atomic mass is 16.6. The number of carbonyl (C=O) groups is 1. The van der Waals surface area contributed by atoms with Crippen molar-refractivity contribution in [3.63, 3.8) is 0 Å². The number of rotatable bonds is 12. The van der Waals surface area contributed by atoms with Crippen LogP contribution in [-0.4, -0.2) is 74.2 Å². The first-order valence-electron chi connectivity index (χ1n) is 11.4. The Balaban J connectivity index is 1.37. The summed E-state index contributed by atoms with van der Waals surface area (Å²) in [6.45, 7) is 5.04. The largest absolute Gasteiger partial charge is 0.488 e. The number of ether oxygens (including phenoxy) is 4. The standard InChI is InChI=1S/C23H32N6O5/c1-23(34-10-9-32-8-7-31-2)13-26-18-11-16(5-6-19(18)33-14-23)28-22-25-12-17(20(24)30)21(29-22)27-15-3-4-15/h5-6,11-12,15,26H,3-4,7-10,13-14H2,1-2H3,(H2,24,30)(H2,25,27,28,29)/t23-/m1/s1. The Morgan fingerprint density at radius 3 is 2.88 bits per heavy atom. The Kier molecular flexibility index (Phi) is 7.66. The molecule has 1 aromatic carbocycles. The molecular weight excluding hydrogens is 440 g/mol. The average molecular weight is 473 g/mol. The van der Waals surface area contributed by atoms with Gasteiger partial charge in [0, 0.05) is 31.6 Å². The summed E-state index contributed by atoms with van der Waals surface area (Å²) in [6.07, 6.45) is 3.53. The van der Waals surface area contributed by atoms with Gasteiger partial charge in [0.15, 0.2) is 0 Å². The number of primary amides is 1. The highest BCUT2D eigenvalue weighted by molar-refractivity contribution is 5.97. The summed E-state index contributed by atoms with van der Waals surface area (Å²) in [5, 5.41) is 9.83.